The first-order chi connectivity index (χ1) is 8.47. The Morgan fingerprint density at radius 3 is 2.00 bits per heavy atom. The van der Waals surface area contributed by atoms with Crippen LogP contribution in [-0.2, 0) is 0 Å². The summed E-state index contributed by atoms with van der Waals surface area (Å²) >= 11 is 0. The zero-order valence-electron chi connectivity index (χ0n) is 10.1. The molecule has 0 bridgehead atoms. The molecule has 0 saturated heterocycles. The van der Waals surface area contributed by atoms with Gasteiger partial charge in [-0.2, -0.15) is 0 Å². The van der Waals surface area contributed by atoms with E-state index in [-0.39, 0.29) is 57.1 Å². The summed E-state index contributed by atoms with van der Waals surface area (Å²) in [5.41, 5.74) is -1.24. The van der Waals surface area contributed by atoms with E-state index in [2.05, 4.69) is 0 Å². The molecule has 0 saturated carbocycles. The molecule has 19 heavy (non-hydrogen) atoms. The van der Waals surface area contributed by atoms with E-state index in [1.165, 1.54) is 0 Å². The summed E-state index contributed by atoms with van der Waals surface area (Å²) in [6.07, 6.45) is 0. The van der Waals surface area contributed by atoms with Crippen molar-refractivity contribution in [1.29, 1.82) is 0 Å². The maximum atomic E-state index is 13.3. The van der Waals surface area contributed by atoms with Gasteiger partial charge in [-0.1, -0.05) is 29.7 Å². The molecule has 0 spiro atoms. The van der Waals surface area contributed by atoms with E-state index < -0.39 is 18.3 Å². The summed E-state index contributed by atoms with van der Waals surface area (Å²) in [5.74, 6) is -0.861. The molecule has 0 unspecified atom stereocenters. The van der Waals surface area contributed by atoms with Crippen molar-refractivity contribution in [2.24, 2.45) is 0 Å². The van der Waals surface area contributed by atoms with Gasteiger partial charge in [-0.15, -0.1) is 0 Å². The normalized spacial score (nSPS) is 10.7. The maximum Gasteiger partial charge on any atom is 1.00 e. The molecule has 0 aliphatic rings. The van der Waals surface area contributed by atoms with Gasteiger partial charge < -0.3 is 17.7 Å². The molecule has 0 aliphatic carbocycles. The van der Waals surface area contributed by atoms with Crippen LogP contribution in [-0.4, -0.2) is 6.98 Å². The number of hydrogen-bond acceptors (Lipinski definition) is 1. The molecule has 0 radical (unpaired) electrons. The Kier molecular flexibility index (Phi) is 6.07. The van der Waals surface area contributed by atoms with Gasteiger partial charge in [-0.05, 0) is 18.2 Å². The minimum absolute atomic E-state index is 0. The van der Waals surface area contributed by atoms with Crippen molar-refractivity contribution in [3.05, 3.63) is 54.3 Å². The first-order valence-electron chi connectivity index (χ1n) is 5.19. The molecule has 2 rings (SSSR count). The average Bonchev–Trinajstić information content (AvgIpc) is 2.28. The summed E-state index contributed by atoms with van der Waals surface area (Å²) in [6, 6.07) is 10.9. The zero-order chi connectivity index (χ0) is 13.2. The minimum Gasteiger partial charge on any atom is -0.457 e. The number of hydrogen-bond donors (Lipinski definition) is 0. The SMILES string of the molecule is Fc1cc(Oc2ccccc2)ccc1[B-](F)(F)F.[K+]. The first-order valence-corrected chi connectivity index (χ1v) is 5.19. The second-order valence-corrected chi connectivity index (χ2v) is 3.67. The van der Waals surface area contributed by atoms with Crippen molar-refractivity contribution in [3.63, 3.8) is 0 Å². The Morgan fingerprint density at radius 2 is 1.47 bits per heavy atom. The van der Waals surface area contributed by atoms with Gasteiger partial charge in [0.25, 0.3) is 0 Å². The fraction of sp³-hybridized carbons (Fsp3) is 0. The van der Waals surface area contributed by atoms with Crippen LogP contribution in [0.1, 0.15) is 0 Å². The van der Waals surface area contributed by atoms with Crippen LogP contribution < -0.4 is 61.6 Å². The second kappa shape index (κ2) is 6.90. The molecule has 0 fully saturated rings. The van der Waals surface area contributed by atoms with Crippen molar-refractivity contribution in [2.45, 2.75) is 0 Å². The largest absolute Gasteiger partial charge is 1.00 e. The fourth-order valence-electron chi connectivity index (χ4n) is 1.46. The number of halogens is 4. The van der Waals surface area contributed by atoms with Crippen molar-refractivity contribution in [2.75, 3.05) is 0 Å². The van der Waals surface area contributed by atoms with E-state index >= 15 is 0 Å². The van der Waals surface area contributed by atoms with Gasteiger partial charge >= 0.3 is 58.4 Å². The third-order valence-electron chi connectivity index (χ3n) is 2.30. The molecule has 2 aromatic rings. The van der Waals surface area contributed by atoms with Crippen molar-refractivity contribution >= 4 is 12.4 Å². The number of rotatable bonds is 3. The van der Waals surface area contributed by atoms with Crippen molar-refractivity contribution in [3.8, 4) is 11.5 Å². The zero-order valence-corrected chi connectivity index (χ0v) is 13.2. The minimum atomic E-state index is -5.34. The van der Waals surface area contributed by atoms with Crippen molar-refractivity contribution < 1.29 is 73.5 Å². The van der Waals surface area contributed by atoms with Gasteiger partial charge in [0.1, 0.15) is 11.5 Å². The third kappa shape index (κ3) is 4.61. The molecule has 2 aromatic carbocycles. The van der Waals surface area contributed by atoms with Gasteiger partial charge in [-0.3, -0.25) is 0 Å². The first kappa shape index (κ1) is 16.7. The summed E-state index contributed by atoms with van der Waals surface area (Å²) in [4.78, 5) is 0. The maximum absolute atomic E-state index is 13.3. The third-order valence-corrected chi connectivity index (χ3v) is 2.30. The van der Waals surface area contributed by atoms with Crippen LogP contribution >= 0.6 is 0 Å². The summed E-state index contributed by atoms with van der Waals surface area (Å²) in [7, 11) is 0. The number of para-hydroxylation sites is 1. The predicted octanol–water partition coefficient (Wildman–Crippen LogP) is 0.676. The summed E-state index contributed by atoms with van der Waals surface area (Å²) in [6.45, 7) is -5.34. The topological polar surface area (TPSA) is 9.23 Å². The van der Waals surface area contributed by atoms with Gasteiger partial charge in [0.05, 0.1) is 5.82 Å². The van der Waals surface area contributed by atoms with E-state index in [0.717, 1.165) is 12.1 Å². The molecule has 0 aliphatic heterocycles. The molecule has 0 heterocycles. The van der Waals surface area contributed by atoms with Crippen LogP contribution in [0.15, 0.2) is 48.5 Å². The van der Waals surface area contributed by atoms with Gasteiger partial charge in [0, 0.05) is 6.07 Å². The van der Waals surface area contributed by atoms with Gasteiger partial charge in [0.2, 0.25) is 0 Å². The van der Waals surface area contributed by atoms with Crippen LogP contribution in [0, 0.1) is 5.82 Å². The monoisotopic (exact) mass is 294 g/mol. The van der Waals surface area contributed by atoms with E-state index in [1.807, 2.05) is 0 Å². The molecule has 0 aromatic heterocycles. The Balaban J connectivity index is 0.00000180. The Bertz CT molecular complexity index is 545. The summed E-state index contributed by atoms with van der Waals surface area (Å²) in [5, 5.41) is 0. The Labute approximate surface area is 150 Å². The number of benzene rings is 2. The van der Waals surface area contributed by atoms with E-state index in [4.69, 9.17) is 4.74 Å². The standard InChI is InChI=1S/C12H8BF4O.K/c14-12-8-10(6-7-11(12)13(15,16)17)18-9-4-2-1-3-5-9;/h1-8H;/q-1;+1. The Hall–Kier alpha value is -0.339. The molecule has 0 amide bonds. The fourth-order valence-corrected chi connectivity index (χ4v) is 1.46. The van der Waals surface area contributed by atoms with E-state index in [0.29, 0.717) is 11.8 Å². The second-order valence-electron chi connectivity index (χ2n) is 3.67. The van der Waals surface area contributed by atoms with E-state index in [1.54, 1.807) is 30.3 Å². The number of ether oxygens (including phenoxy) is 1. The van der Waals surface area contributed by atoms with Crippen LogP contribution in [0.2, 0.25) is 0 Å². The Morgan fingerprint density at radius 1 is 0.842 bits per heavy atom. The molecule has 0 N–H and O–H groups in total. The van der Waals surface area contributed by atoms with Crippen LogP contribution in [0.4, 0.5) is 17.3 Å². The molecule has 7 heteroatoms. The molecular weight excluding hydrogens is 286 g/mol. The van der Waals surface area contributed by atoms with Crippen LogP contribution in [0.25, 0.3) is 0 Å². The molecule has 0 atom stereocenters. The van der Waals surface area contributed by atoms with Crippen molar-refractivity contribution in [1.82, 2.24) is 0 Å². The smallest absolute Gasteiger partial charge is 0.457 e. The van der Waals surface area contributed by atoms with Gasteiger partial charge in [0.15, 0.2) is 0 Å². The quantitative estimate of drug-likeness (QED) is 0.597. The van der Waals surface area contributed by atoms with E-state index in [9.17, 15) is 17.3 Å². The molecular formula is C12H8BF4KO. The molecule has 94 valence electrons. The average molecular weight is 294 g/mol. The van der Waals surface area contributed by atoms with Crippen LogP contribution in [0.3, 0.4) is 0 Å². The molecule has 1 nitrogen and oxygen atoms in total. The van der Waals surface area contributed by atoms with Crippen LogP contribution in [0.5, 0.6) is 11.5 Å². The van der Waals surface area contributed by atoms with Gasteiger partial charge in [-0.25, -0.2) is 4.39 Å². The summed E-state index contributed by atoms with van der Waals surface area (Å²) < 4.78 is 55.7. The predicted molar refractivity (Wildman–Crippen MR) is 61.6 cm³/mol.